The van der Waals surface area contributed by atoms with Gasteiger partial charge < -0.3 is 10.6 Å². The first-order chi connectivity index (χ1) is 8.58. The van der Waals surface area contributed by atoms with Crippen LogP contribution in [0.4, 0.5) is 5.69 Å². The predicted molar refractivity (Wildman–Crippen MR) is 75.9 cm³/mol. The predicted octanol–water partition coefficient (Wildman–Crippen LogP) is 2.69. The maximum Gasteiger partial charge on any atom is 0.196 e. The van der Waals surface area contributed by atoms with Gasteiger partial charge >= 0.3 is 0 Å². The van der Waals surface area contributed by atoms with Gasteiger partial charge in [-0.3, -0.25) is 4.99 Å². The van der Waals surface area contributed by atoms with E-state index in [1.54, 1.807) is 0 Å². The Hall–Kier alpha value is -1.51. The summed E-state index contributed by atoms with van der Waals surface area (Å²) in [5, 5.41) is 0. The second-order valence-corrected chi connectivity index (χ2v) is 5.99. The highest BCUT2D eigenvalue weighted by atomic mass is 15.4. The summed E-state index contributed by atoms with van der Waals surface area (Å²) in [5.74, 6) is 1.55. The van der Waals surface area contributed by atoms with Crippen molar-refractivity contribution in [3.8, 4) is 0 Å². The van der Waals surface area contributed by atoms with Crippen LogP contribution in [0.5, 0.6) is 0 Å². The van der Waals surface area contributed by atoms with Gasteiger partial charge in [0, 0.05) is 5.69 Å². The standard InChI is InChI=1S/C15H21N3/c1-11-3-7-13(8-4-11)18-14(16)17-10-15(18,2)9-12-5-6-12/h3-4,7-8,12H,5-6,9-10H2,1-2H3,(H2,16,17). The zero-order valence-corrected chi connectivity index (χ0v) is 11.2. The molecular formula is C15H21N3. The van der Waals surface area contributed by atoms with E-state index in [2.05, 4.69) is 48.0 Å². The lowest BCUT2D eigenvalue weighted by Crippen LogP contribution is -2.50. The number of anilines is 1. The first kappa shape index (κ1) is 11.6. The molecule has 18 heavy (non-hydrogen) atoms. The molecule has 3 nitrogen and oxygen atoms in total. The molecule has 2 N–H and O–H groups in total. The van der Waals surface area contributed by atoms with Crippen LogP contribution in [0.3, 0.4) is 0 Å². The Morgan fingerprint density at radius 1 is 1.33 bits per heavy atom. The highest BCUT2D eigenvalue weighted by molar-refractivity contribution is 5.98. The largest absolute Gasteiger partial charge is 0.369 e. The number of guanidine groups is 1. The summed E-state index contributed by atoms with van der Waals surface area (Å²) in [7, 11) is 0. The molecule has 1 aliphatic carbocycles. The zero-order valence-electron chi connectivity index (χ0n) is 11.2. The Bertz CT molecular complexity index is 473. The maximum atomic E-state index is 6.10. The molecule has 1 heterocycles. The number of aryl methyl sites for hydroxylation is 1. The number of hydrogen-bond donors (Lipinski definition) is 1. The molecule has 3 heteroatoms. The van der Waals surface area contributed by atoms with Gasteiger partial charge in [-0.2, -0.15) is 0 Å². The molecular weight excluding hydrogens is 222 g/mol. The first-order valence-corrected chi connectivity index (χ1v) is 6.75. The summed E-state index contributed by atoms with van der Waals surface area (Å²) in [6, 6.07) is 8.57. The van der Waals surface area contributed by atoms with Crippen molar-refractivity contribution in [3.63, 3.8) is 0 Å². The van der Waals surface area contributed by atoms with Crippen LogP contribution in [0.25, 0.3) is 0 Å². The summed E-state index contributed by atoms with van der Waals surface area (Å²) in [6.45, 7) is 5.21. The lowest BCUT2D eigenvalue weighted by Gasteiger charge is -2.36. The fourth-order valence-electron chi connectivity index (χ4n) is 2.91. The summed E-state index contributed by atoms with van der Waals surface area (Å²) in [4.78, 5) is 6.70. The third-order valence-electron chi connectivity index (χ3n) is 4.07. The smallest absolute Gasteiger partial charge is 0.196 e. The quantitative estimate of drug-likeness (QED) is 0.886. The van der Waals surface area contributed by atoms with Gasteiger partial charge in [-0.25, -0.2) is 0 Å². The molecule has 3 rings (SSSR count). The van der Waals surface area contributed by atoms with Gasteiger partial charge in [-0.1, -0.05) is 30.5 Å². The number of nitrogens with two attached hydrogens (primary N) is 1. The second kappa shape index (κ2) is 4.01. The molecule has 1 aliphatic heterocycles. The van der Waals surface area contributed by atoms with E-state index < -0.39 is 0 Å². The van der Waals surface area contributed by atoms with Crippen LogP contribution in [-0.2, 0) is 0 Å². The van der Waals surface area contributed by atoms with Crippen molar-refractivity contribution in [3.05, 3.63) is 29.8 Å². The van der Waals surface area contributed by atoms with Gasteiger partial charge in [0.2, 0.25) is 0 Å². The van der Waals surface area contributed by atoms with Crippen LogP contribution in [0.2, 0.25) is 0 Å². The Morgan fingerprint density at radius 3 is 2.61 bits per heavy atom. The van der Waals surface area contributed by atoms with Crippen LogP contribution in [0, 0.1) is 12.8 Å². The molecule has 96 valence electrons. The van der Waals surface area contributed by atoms with Gasteiger partial charge in [0.05, 0.1) is 12.1 Å². The number of hydrogen-bond acceptors (Lipinski definition) is 3. The molecule has 1 aromatic rings. The minimum absolute atomic E-state index is 0.0699. The molecule has 0 amide bonds. The van der Waals surface area contributed by atoms with Crippen LogP contribution in [-0.4, -0.2) is 18.0 Å². The van der Waals surface area contributed by atoms with E-state index in [1.807, 2.05) is 0 Å². The minimum atomic E-state index is 0.0699. The van der Waals surface area contributed by atoms with Crippen molar-refractivity contribution in [2.24, 2.45) is 16.6 Å². The van der Waals surface area contributed by atoms with Crippen molar-refractivity contribution in [2.75, 3.05) is 11.4 Å². The second-order valence-electron chi connectivity index (χ2n) is 5.99. The van der Waals surface area contributed by atoms with Crippen LogP contribution in [0.15, 0.2) is 29.3 Å². The van der Waals surface area contributed by atoms with Gasteiger partial charge in [-0.15, -0.1) is 0 Å². The number of aliphatic imine (C=N–C) groups is 1. The molecule has 1 fully saturated rings. The van der Waals surface area contributed by atoms with E-state index in [-0.39, 0.29) is 5.54 Å². The third kappa shape index (κ3) is 1.98. The van der Waals surface area contributed by atoms with Crippen molar-refractivity contribution >= 4 is 11.6 Å². The normalized spacial score (nSPS) is 27.4. The first-order valence-electron chi connectivity index (χ1n) is 6.75. The molecule has 1 atom stereocenters. The van der Waals surface area contributed by atoms with Crippen molar-refractivity contribution < 1.29 is 0 Å². The van der Waals surface area contributed by atoms with Crippen molar-refractivity contribution in [1.29, 1.82) is 0 Å². The molecule has 1 aromatic carbocycles. The average Bonchev–Trinajstić information content (AvgIpc) is 3.08. The van der Waals surface area contributed by atoms with E-state index in [1.165, 1.54) is 30.5 Å². The summed E-state index contributed by atoms with van der Waals surface area (Å²) < 4.78 is 0. The van der Waals surface area contributed by atoms with E-state index in [0.29, 0.717) is 5.96 Å². The van der Waals surface area contributed by atoms with E-state index >= 15 is 0 Å². The van der Waals surface area contributed by atoms with Crippen molar-refractivity contribution in [2.45, 2.75) is 38.6 Å². The molecule has 1 saturated carbocycles. The molecule has 0 spiro atoms. The lowest BCUT2D eigenvalue weighted by molar-refractivity contribution is 0.435. The third-order valence-corrected chi connectivity index (χ3v) is 4.07. The summed E-state index contributed by atoms with van der Waals surface area (Å²) >= 11 is 0. The highest BCUT2D eigenvalue weighted by Crippen LogP contribution is 2.41. The Kier molecular flexibility index (Phi) is 2.58. The fourth-order valence-corrected chi connectivity index (χ4v) is 2.91. The Morgan fingerprint density at radius 2 is 2.00 bits per heavy atom. The molecule has 2 aliphatic rings. The van der Waals surface area contributed by atoms with Crippen LogP contribution in [0.1, 0.15) is 31.7 Å². The van der Waals surface area contributed by atoms with Gasteiger partial charge in [-0.05, 0) is 38.3 Å². The van der Waals surface area contributed by atoms with E-state index in [4.69, 9.17) is 5.73 Å². The minimum Gasteiger partial charge on any atom is -0.369 e. The zero-order chi connectivity index (χ0) is 12.8. The number of rotatable bonds is 3. The molecule has 0 bridgehead atoms. The van der Waals surface area contributed by atoms with Gasteiger partial charge in [0.25, 0.3) is 0 Å². The average molecular weight is 243 g/mol. The molecule has 0 saturated heterocycles. The molecule has 1 unspecified atom stereocenters. The Balaban J connectivity index is 1.90. The fraction of sp³-hybridized carbons (Fsp3) is 0.533. The topological polar surface area (TPSA) is 41.6 Å². The lowest BCUT2D eigenvalue weighted by atomic mass is 9.93. The molecule has 0 radical (unpaired) electrons. The highest BCUT2D eigenvalue weighted by Gasteiger charge is 2.42. The number of benzene rings is 1. The number of nitrogens with zero attached hydrogens (tertiary/aromatic N) is 2. The van der Waals surface area contributed by atoms with Gasteiger partial charge in [0.1, 0.15) is 0 Å². The summed E-state index contributed by atoms with van der Waals surface area (Å²) in [6.07, 6.45) is 3.94. The summed E-state index contributed by atoms with van der Waals surface area (Å²) in [5.41, 5.74) is 8.61. The molecule has 0 aromatic heterocycles. The van der Waals surface area contributed by atoms with E-state index in [0.717, 1.165) is 12.5 Å². The van der Waals surface area contributed by atoms with Gasteiger partial charge in [0.15, 0.2) is 5.96 Å². The van der Waals surface area contributed by atoms with Crippen LogP contribution < -0.4 is 10.6 Å². The monoisotopic (exact) mass is 243 g/mol. The van der Waals surface area contributed by atoms with Crippen molar-refractivity contribution in [1.82, 2.24) is 0 Å². The maximum absolute atomic E-state index is 6.10. The van der Waals surface area contributed by atoms with Crippen LogP contribution >= 0.6 is 0 Å². The SMILES string of the molecule is Cc1ccc(N2C(N)=NCC2(C)CC2CC2)cc1. The van der Waals surface area contributed by atoms with E-state index in [9.17, 15) is 0 Å². The Labute approximate surface area is 109 Å².